The number of hydrogen-bond acceptors (Lipinski definition) is 2. The number of aromatic nitrogens is 1. The molecule has 1 aromatic heterocycles. The highest BCUT2D eigenvalue weighted by Gasteiger charge is 2.18. The number of hydrogen-bond donors (Lipinski definition) is 0. The van der Waals surface area contributed by atoms with Crippen molar-refractivity contribution in [3.05, 3.63) is 36.0 Å². The molecule has 2 aliphatic rings. The monoisotopic (exact) mass is 367 g/mol. The summed E-state index contributed by atoms with van der Waals surface area (Å²) in [6.07, 6.45) is 12.8. The molecule has 4 nitrogen and oxygen atoms in total. The Morgan fingerprint density at radius 3 is 2.30 bits per heavy atom. The third kappa shape index (κ3) is 4.55. The summed E-state index contributed by atoms with van der Waals surface area (Å²) in [5, 5.41) is 1.32. The van der Waals surface area contributed by atoms with Crippen LogP contribution in [0.25, 0.3) is 10.9 Å². The Bertz CT molecular complexity index is 752. The molecule has 0 saturated carbocycles. The van der Waals surface area contributed by atoms with Crippen LogP contribution in [0.2, 0.25) is 0 Å². The molecule has 2 aromatic rings. The average molecular weight is 368 g/mol. The summed E-state index contributed by atoms with van der Waals surface area (Å²) in [6, 6.07) is 8.69. The summed E-state index contributed by atoms with van der Waals surface area (Å²) in [4.78, 5) is 17.2. The van der Waals surface area contributed by atoms with Crippen molar-refractivity contribution < 1.29 is 4.79 Å². The Morgan fingerprint density at radius 1 is 0.852 bits per heavy atom. The first-order valence-electron chi connectivity index (χ1n) is 10.9. The molecule has 0 unspecified atom stereocenters. The Kier molecular flexibility index (Phi) is 6.13. The van der Waals surface area contributed by atoms with Crippen LogP contribution in [0.5, 0.6) is 0 Å². The SMILES string of the molecule is O=C(CCc1cn(CN2CCCCCC2)c2ccccc12)N1CCCCC1. The van der Waals surface area contributed by atoms with Crippen molar-refractivity contribution in [2.24, 2.45) is 0 Å². The predicted octanol–water partition coefficient (Wildman–Crippen LogP) is 4.42. The molecule has 0 aliphatic carbocycles. The average Bonchev–Trinajstić information content (AvgIpc) is 2.87. The molecule has 0 radical (unpaired) electrons. The van der Waals surface area contributed by atoms with Crippen molar-refractivity contribution in [1.29, 1.82) is 0 Å². The first-order chi connectivity index (χ1) is 13.3. The van der Waals surface area contributed by atoms with Gasteiger partial charge in [0.25, 0.3) is 0 Å². The normalized spacial score (nSPS) is 19.3. The minimum absolute atomic E-state index is 0.332. The maximum atomic E-state index is 12.6. The van der Waals surface area contributed by atoms with E-state index in [-0.39, 0.29) is 0 Å². The van der Waals surface area contributed by atoms with Crippen molar-refractivity contribution in [3.8, 4) is 0 Å². The van der Waals surface area contributed by atoms with Crippen LogP contribution in [-0.4, -0.2) is 46.5 Å². The van der Waals surface area contributed by atoms with E-state index < -0.39 is 0 Å². The second kappa shape index (κ2) is 8.92. The lowest BCUT2D eigenvalue weighted by atomic mass is 10.1. The predicted molar refractivity (Wildman–Crippen MR) is 111 cm³/mol. The second-order valence-corrected chi connectivity index (χ2v) is 8.26. The molecule has 0 N–H and O–H groups in total. The number of rotatable bonds is 5. The van der Waals surface area contributed by atoms with Crippen molar-refractivity contribution in [3.63, 3.8) is 0 Å². The molecule has 2 aliphatic heterocycles. The highest BCUT2D eigenvalue weighted by Crippen LogP contribution is 2.24. The largest absolute Gasteiger partial charge is 0.343 e. The van der Waals surface area contributed by atoms with E-state index in [0.29, 0.717) is 12.3 Å². The highest BCUT2D eigenvalue weighted by atomic mass is 16.2. The number of amides is 1. The van der Waals surface area contributed by atoms with Gasteiger partial charge in [-0.15, -0.1) is 0 Å². The quantitative estimate of drug-likeness (QED) is 0.783. The van der Waals surface area contributed by atoms with Gasteiger partial charge >= 0.3 is 0 Å². The molecule has 4 rings (SSSR count). The summed E-state index contributed by atoms with van der Waals surface area (Å²) in [5.41, 5.74) is 2.63. The fourth-order valence-electron chi connectivity index (χ4n) is 4.68. The number of benzene rings is 1. The molecule has 1 aromatic carbocycles. The molecule has 0 atom stereocenters. The van der Waals surface area contributed by atoms with Gasteiger partial charge in [0.05, 0.1) is 6.67 Å². The number of piperidine rings is 1. The third-order valence-corrected chi connectivity index (χ3v) is 6.24. The zero-order chi connectivity index (χ0) is 18.5. The van der Waals surface area contributed by atoms with Gasteiger partial charge in [0.2, 0.25) is 5.91 Å². The van der Waals surface area contributed by atoms with E-state index in [0.717, 1.165) is 26.2 Å². The summed E-state index contributed by atoms with van der Waals surface area (Å²) >= 11 is 0. The molecular formula is C23H33N3O. The number of fused-ring (bicyclic) bond motifs is 1. The van der Waals surface area contributed by atoms with E-state index in [1.807, 2.05) is 0 Å². The van der Waals surface area contributed by atoms with Crippen LogP contribution in [0, 0.1) is 0 Å². The van der Waals surface area contributed by atoms with Crippen molar-refractivity contribution in [2.45, 2.75) is 64.5 Å². The second-order valence-electron chi connectivity index (χ2n) is 8.26. The van der Waals surface area contributed by atoms with Gasteiger partial charge in [0.15, 0.2) is 0 Å². The topological polar surface area (TPSA) is 28.5 Å². The van der Waals surface area contributed by atoms with Crippen LogP contribution in [0.3, 0.4) is 0 Å². The number of para-hydroxylation sites is 1. The molecule has 27 heavy (non-hydrogen) atoms. The standard InChI is InChI=1S/C23H33N3O/c27-23(25-16-8-3-9-17-25)13-12-20-18-26(22-11-5-4-10-21(20)22)19-24-14-6-1-2-7-15-24/h4-5,10-11,18H,1-3,6-9,12-17,19H2. The zero-order valence-electron chi connectivity index (χ0n) is 16.5. The summed E-state index contributed by atoms with van der Waals surface area (Å²) in [7, 11) is 0. The number of aryl methyl sites for hydroxylation is 1. The van der Waals surface area contributed by atoms with Gasteiger partial charge in [-0.25, -0.2) is 0 Å². The fourth-order valence-corrected chi connectivity index (χ4v) is 4.68. The lowest BCUT2D eigenvalue weighted by Gasteiger charge is -2.26. The Labute approximate surface area is 163 Å². The van der Waals surface area contributed by atoms with Crippen molar-refractivity contribution in [2.75, 3.05) is 26.2 Å². The first-order valence-corrected chi connectivity index (χ1v) is 10.9. The molecule has 4 heteroatoms. The van der Waals surface area contributed by atoms with Gasteiger partial charge in [-0.2, -0.15) is 0 Å². The van der Waals surface area contributed by atoms with E-state index in [1.165, 1.54) is 74.5 Å². The van der Waals surface area contributed by atoms with Crippen LogP contribution < -0.4 is 0 Å². The highest BCUT2D eigenvalue weighted by molar-refractivity contribution is 5.85. The van der Waals surface area contributed by atoms with Gasteiger partial charge in [0.1, 0.15) is 0 Å². The van der Waals surface area contributed by atoms with Crippen LogP contribution >= 0.6 is 0 Å². The molecule has 2 fully saturated rings. The first kappa shape index (κ1) is 18.5. The Balaban J connectivity index is 1.46. The summed E-state index contributed by atoms with van der Waals surface area (Å²) < 4.78 is 2.40. The van der Waals surface area contributed by atoms with Gasteiger partial charge in [0, 0.05) is 36.6 Å². The lowest BCUT2D eigenvalue weighted by molar-refractivity contribution is -0.132. The minimum atomic E-state index is 0.332. The molecule has 2 saturated heterocycles. The van der Waals surface area contributed by atoms with Crippen molar-refractivity contribution in [1.82, 2.24) is 14.4 Å². The maximum absolute atomic E-state index is 12.6. The Morgan fingerprint density at radius 2 is 1.52 bits per heavy atom. The molecule has 3 heterocycles. The van der Waals surface area contributed by atoms with E-state index in [1.54, 1.807) is 0 Å². The molecule has 0 spiro atoms. The van der Waals surface area contributed by atoms with E-state index in [2.05, 4.69) is 44.8 Å². The number of carbonyl (C=O) groups excluding carboxylic acids is 1. The van der Waals surface area contributed by atoms with Gasteiger partial charge in [-0.05, 0) is 63.2 Å². The lowest BCUT2D eigenvalue weighted by Crippen LogP contribution is -2.35. The van der Waals surface area contributed by atoms with Crippen LogP contribution in [0.4, 0.5) is 0 Å². The van der Waals surface area contributed by atoms with Gasteiger partial charge in [-0.1, -0.05) is 31.0 Å². The van der Waals surface area contributed by atoms with Crippen LogP contribution in [0.1, 0.15) is 56.9 Å². The van der Waals surface area contributed by atoms with Crippen molar-refractivity contribution >= 4 is 16.8 Å². The van der Waals surface area contributed by atoms with Crippen LogP contribution in [0.15, 0.2) is 30.5 Å². The molecule has 146 valence electrons. The van der Waals surface area contributed by atoms with E-state index >= 15 is 0 Å². The minimum Gasteiger partial charge on any atom is -0.343 e. The third-order valence-electron chi connectivity index (χ3n) is 6.24. The number of nitrogens with zero attached hydrogens (tertiary/aromatic N) is 3. The number of carbonyl (C=O) groups is 1. The molecular weight excluding hydrogens is 334 g/mol. The van der Waals surface area contributed by atoms with E-state index in [9.17, 15) is 4.79 Å². The van der Waals surface area contributed by atoms with Gasteiger partial charge in [-0.3, -0.25) is 9.69 Å². The van der Waals surface area contributed by atoms with E-state index in [4.69, 9.17) is 0 Å². The van der Waals surface area contributed by atoms with Gasteiger partial charge < -0.3 is 9.47 Å². The zero-order valence-corrected chi connectivity index (χ0v) is 16.5. The molecule has 0 bridgehead atoms. The number of likely N-dealkylation sites (tertiary alicyclic amines) is 2. The Hall–Kier alpha value is -1.81. The maximum Gasteiger partial charge on any atom is 0.222 e. The smallest absolute Gasteiger partial charge is 0.222 e. The van der Waals surface area contributed by atoms with Crippen LogP contribution in [-0.2, 0) is 17.9 Å². The summed E-state index contributed by atoms with van der Waals surface area (Å²) in [5.74, 6) is 0.332. The fraction of sp³-hybridized carbons (Fsp3) is 0.609. The summed E-state index contributed by atoms with van der Waals surface area (Å²) in [6.45, 7) is 5.29. The molecule has 1 amide bonds.